The molecule has 1 heterocycles. The SMILES string of the molecule is COc1ccc(OCCNc2nnc(C)c(=O)[nH]2)cc1. The van der Waals surface area contributed by atoms with Crippen LogP contribution in [0.2, 0.25) is 0 Å². The summed E-state index contributed by atoms with van der Waals surface area (Å²) in [6.45, 7) is 2.53. The predicted octanol–water partition coefficient (Wildman–Crippen LogP) is 0.973. The molecule has 1 aromatic carbocycles. The quantitative estimate of drug-likeness (QED) is 0.764. The van der Waals surface area contributed by atoms with Crippen molar-refractivity contribution in [2.75, 3.05) is 25.6 Å². The van der Waals surface area contributed by atoms with Gasteiger partial charge in [0.2, 0.25) is 5.95 Å². The topological polar surface area (TPSA) is 89.1 Å². The van der Waals surface area contributed by atoms with E-state index in [1.807, 2.05) is 24.3 Å². The summed E-state index contributed by atoms with van der Waals surface area (Å²) in [5.41, 5.74) is 0.0867. The molecule has 0 aliphatic rings. The second-order valence-corrected chi connectivity index (χ2v) is 4.04. The molecule has 0 saturated heterocycles. The van der Waals surface area contributed by atoms with E-state index in [0.29, 0.717) is 24.8 Å². The minimum absolute atomic E-state index is 0.251. The highest BCUT2D eigenvalue weighted by Gasteiger charge is 1.99. The van der Waals surface area contributed by atoms with E-state index >= 15 is 0 Å². The first-order valence-electron chi connectivity index (χ1n) is 6.13. The Labute approximate surface area is 116 Å². The second kappa shape index (κ2) is 6.55. The summed E-state index contributed by atoms with van der Waals surface area (Å²) < 4.78 is 10.6. The first-order valence-corrected chi connectivity index (χ1v) is 6.13. The lowest BCUT2D eigenvalue weighted by atomic mass is 10.3. The fourth-order valence-electron chi connectivity index (χ4n) is 1.48. The third-order valence-corrected chi connectivity index (χ3v) is 2.58. The Bertz CT molecular complexity index is 610. The number of aryl methyl sites for hydroxylation is 1. The monoisotopic (exact) mass is 276 g/mol. The maximum absolute atomic E-state index is 11.3. The maximum Gasteiger partial charge on any atom is 0.273 e. The molecule has 106 valence electrons. The summed E-state index contributed by atoms with van der Waals surface area (Å²) in [5, 5.41) is 10.5. The van der Waals surface area contributed by atoms with Gasteiger partial charge in [-0.05, 0) is 31.2 Å². The van der Waals surface area contributed by atoms with Gasteiger partial charge in [-0.2, -0.15) is 0 Å². The van der Waals surface area contributed by atoms with Gasteiger partial charge in [0.25, 0.3) is 5.56 Å². The number of hydrogen-bond donors (Lipinski definition) is 2. The molecule has 0 bridgehead atoms. The number of benzene rings is 1. The molecule has 0 spiro atoms. The Balaban J connectivity index is 1.78. The maximum atomic E-state index is 11.3. The van der Waals surface area contributed by atoms with Crippen LogP contribution in [0.3, 0.4) is 0 Å². The number of anilines is 1. The summed E-state index contributed by atoms with van der Waals surface area (Å²) in [5.74, 6) is 1.86. The van der Waals surface area contributed by atoms with Crippen molar-refractivity contribution in [2.45, 2.75) is 6.92 Å². The molecule has 2 N–H and O–H groups in total. The van der Waals surface area contributed by atoms with Gasteiger partial charge in [0.05, 0.1) is 13.7 Å². The molecule has 1 aromatic heterocycles. The van der Waals surface area contributed by atoms with Crippen LogP contribution in [0.5, 0.6) is 11.5 Å². The van der Waals surface area contributed by atoms with Gasteiger partial charge >= 0.3 is 0 Å². The van der Waals surface area contributed by atoms with E-state index in [4.69, 9.17) is 9.47 Å². The van der Waals surface area contributed by atoms with Crippen molar-refractivity contribution in [1.29, 1.82) is 0 Å². The molecule has 2 aromatic rings. The number of aromatic nitrogens is 3. The average molecular weight is 276 g/mol. The van der Waals surface area contributed by atoms with Gasteiger partial charge < -0.3 is 14.8 Å². The summed E-state index contributed by atoms with van der Waals surface area (Å²) in [7, 11) is 1.61. The molecule has 0 aliphatic heterocycles. The van der Waals surface area contributed by atoms with Crippen molar-refractivity contribution in [2.24, 2.45) is 0 Å². The largest absolute Gasteiger partial charge is 0.497 e. The first-order chi connectivity index (χ1) is 9.69. The third-order valence-electron chi connectivity index (χ3n) is 2.58. The number of methoxy groups -OCH3 is 1. The highest BCUT2D eigenvalue weighted by molar-refractivity contribution is 5.31. The molecule has 0 fully saturated rings. The van der Waals surface area contributed by atoms with Crippen LogP contribution in [0.1, 0.15) is 5.69 Å². The molecule has 2 rings (SSSR count). The van der Waals surface area contributed by atoms with Crippen molar-refractivity contribution in [3.63, 3.8) is 0 Å². The summed E-state index contributed by atoms with van der Waals surface area (Å²) in [6.07, 6.45) is 0. The van der Waals surface area contributed by atoms with Gasteiger partial charge in [0.15, 0.2) is 0 Å². The van der Waals surface area contributed by atoms with E-state index in [9.17, 15) is 4.79 Å². The molecule has 7 nitrogen and oxygen atoms in total. The fraction of sp³-hybridized carbons (Fsp3) is 0.308. The zero-order chi connectivity index (χ0) is 14.4. The van der Waals surface area contributed by atoms with E-state index in [1.54, 1.807) is 14.0 Å². The Morgan fingerprint density at radius 1 is 1.20 bits per heavy atom. The minimum atomic E-state index is -0.251. The van der Waals surface area contributed by atoms with Gasteiger partial charge in [-0.3, -0.25) is 9.78 Å². The molecular formula is C13H16N4O3. The van der Waals surface area contributed by atoms with E-state index in [2.05, 4.69) is 20.5 Å². The first kappa shape index (κ1) is 13.9. The van der Waals surface area contributed by atoms with Crippen LogP contribution in [0.25, 0.3) is 0 Å². The van der Waals surface area contributed by atoms with E-state index in [1.165, 1.54) is 0 Å². The Hall–Kier alpha value is -2.57. The number of H-pyrrole nitrogens is 1. The molecule has 0 unspecified atom stereocenters. The van der Waals surface area contributed by atoms with Gasteiger partial charge in [-0.1, -0.05) is 0 Å². The van der Waals surface area contributed by atoms with Crippen LogP contribution in [-0.2, 0) is 0 Å². The molecule has 20 heavy (non-hydrogen) atoms. The van der Waals surface area contributed by atoms with Crippen LogP contribution in [0.4, 0.5) is 5.95 Å². The lowest BCUT2D eigenvalue weighted by Gasteiger charge is -2.08. The normalized spacial score (nSPS) is 10.1. The van der Waals surface area contributed by atoms with E-state index in [0.717, 1.165) is 11.5 Å². The Kier molecular flexibility index (Phi) is 4.54. The van der Waals surface area contributed by atoms with Gasteiger partial charge in [-0.15, -0.1) is 10.2 Å². The highest BCUT2D eigenvalue weighted by atomic mass is 16.5. The molecule has 0 saturated carbocycles. The van der Waals surface area contributed by atoms with Crippen molar-refractivity contribution in [1.82, 2.24) is 15.2 Å². The van der Waals surface area contributed by atoms with Crippen LogP contribution in [-0.4, -0.2) is 35.4 Å². The molecule has 0 aliphatic carbocycles. The highest BCUT2D eigenvalue weighted by Crippen LogP contribution is 2.16. The molecular weight excluding hydrogens is 260 g/mol. The van der Waals surface area contributed by atoms with Crippen LogP contribution < -0.4 is 20.3 Å². The van der Waals surface area contributed by atoms with E-state index < -0.39 is 0 Å². The smallest absolute Gasteiger partial charge is 0.273 e. The fourth-order valence-corrected chi connectivity index (χ4v) is 1.48. The van der Waals surface area contributed by atoms with Crippen LogP contribution >= 0.6 is 0 Å². The number of rotatable bonds is 6. The van der Waals surface area contributed by atoms with Gasteiger partial charge in [0.1, 0.15) is 23.8 Å². The minimum Gasteiger partial charge on any atom is -0.497 e. The van der Waals surface area contributed by atoms with Crippen molar-refractivity contribution in [3.05, 3.63) is 40.3 Å². The number of hydrogen-bond acceptors (Lipinski definition) is 6. The number of nitrogens with one attached hydrogen (secondary N) is 2. The average Bonchev–Trinajstić information content (AvgIpc) is 2.48. The van der Waals surface area contributed by atoms with Crippen LogP contribution in [0, 0.1) is 6.92 Å². The van der Waals surface area contributed by atoms with Crippen molar-refractivity contribution in [3.8, 4) is 11.5 Å². The number of nitrogens with zero attached hydrogens (tertiary/aromatic N) is 2. The number of aromatic amines is 1. The number of ether oxygens (including phenoxy) is 2. The molecule has 0 radical (unpaired) electrons. The molecule has 7 heteroatoms. The summed E-state index contributed by atoms with van der Waals surface area (Å²) in [6, 6.07) is 7.30. The predicted molar refractivity (Wildman–Crippen MR) is 74.4 cm³/mol. The Morgan fingerprint density at radius 3 is 2.55 bits per heavy atom. The molecule has 0 amide bonds. The summed E-state index contributed by atoms with van der Waals surface area (Å²) >= 11 is 0. The standard InChI is InChI=1S/C13H16N4O3/c1-9-12(18)15-13(17-16-9)14-7-8-20-11-5-3-10(19-2)4-6-11/h3-6H,7-8H2,1-2H3,(H2,14,15,17,18). The van der Waals surface area contributed by atoms with Gasteiger partial charge in [0, 0.05) is 0 Å². The van der Waals surface area contributed by atoms with Crippen molar-refractivity contribution < 1.29 is 9.47 Å². The van der Waals surface area contributed by atoms with Crippen LogP contribution in [0.15, 0.2) is 29.1 Å². The summed E-state index contributed by atoms with van der Waals surface area (Å²) in [4.78, 5) is 13.9. The third kappa shape index (κ3) is 3.71. The van der Waals surface area contributed by atoms with Crippen molar-refractivity contribution >= 4 is 5.95 Å². The Morgan fingerprint density at radius 2 is 1.90 bits per heavy atom. The lowest BCUT2D eigenvalue weighted by molar-refractivity contribution is 0.331. The molecule has 0 atom stereocenters. The van der Waals surface area contributed by atoms with E-state index in [-0.39, 0.29) is 5.56 Å². The van der Waals surface area contributed by atoms with Gasteiger partial charge in [-0.25, -0.2) is 0 Å². The second-order valence-electron chi connectivity index (χ2n) is 4.04. The zero-order valence-corrected chi connectivity index (χ0v) is 11.3. The zero-order valence-electron chi connectivity index (χ0n) is 11.3. The lowest BCUT2D eigenvalue weighted by Crippen LogP contribution is -2.19.